The molecule has 0 atom stereocenters. The Morgan fingerprint density at radius 3 is 2.31 bits per heavy atom. The third-order valence-electron chi connectivity index (χ3n) is 2.70. The van der Waals surface area contributed by atoms with Crippen molar-refractivity contribution in [2.45, 2.75) is 26.2 Å². The van der Waals surface area contributed by atoms with Crippen LogP contribution in [-0.2, 0) is 6.42 Å². The van der Waals surface area contributed by atoms with E-state index in [2.05, 4.69) is 12.1 Å². The van der Waals surface area contributed by atoms with Gasteiger partial charge in [-0.1, -0.05) is 12.1 Å². The lowest BCUT2D eigenvalue weighted by Gasteiger charge is -2.14. The summed E-state index contributed by atoms with van der Waals surface area (Å²) in [6, 6.07) is 4.17. The molecule has 0 bridgehead atoms. The van der Waals surface area contributed by atoms with Crippen molar-refractivity contribution in [1.29, 1.82) is 0 Å². The molecule has 0 unspecified atom stereocenters. The summed E-state index contributed by atoms with van der Waals surface area (Å²) < 4.78 is 10.8. The van der Waals surface area contributed by atoms with E-state index in [4.69, 9.17) is 15.2 Å². The molecule has 0 amide bonds. The van der Waals surface area contributed by atoms with E-state index in [9.17, 15) is 0 Å². The van der Waals surface area contributed by atoms with E-state index in [-0.39, 0.29) is 0 Å². The van der Waals surface area contributed by atoms with Gasteiger partial charge in [0.25, 0.3) is 0 Å². The average molecular weight is 223 g/mol. The van der Waals surface area contributed by atoms with E-state index in [0.29, 0.717) is 0 Å². The second kappa shape index (κ2) is 6.38. The molecule has 1 aromatic carbocycles. The normalized spacial score (nSPS) is 10.2. The molecule has 0 aromatic heterocycles. The minimum absolute atomic E-state index is 0.741. The van der Waals surface area contributed by atoms with Gasteiger partial charge in [0.1, 0.15) is 0 Å². The van der Waals surface area contributed by atoms with Crippen molar-refractivity contribution in [3.05, 3.63) is 23.3 Å². The van der Waals surface area contributed by atoms with E-state index < -0.39 is 0 Å². The molecule has 0 aliphatic carbocycles. The van der Waals surface area contributed by atoms with Crippen molar-refractivity contribution in [3.8, 4) is 11.5 Å². The van der Waals surface area contributed by atoms with Crippen molar-refractivity contribution in [3.63, 3.8) is 0 Å². The summed E-state index contributed by atoms with van der Waals surface area (Å²) in [6.07, 6.45) is 3.11. The third kappa shape index (κ3) is 2.89. The maximum absolute atomic E-state index is 5.49. The number of rotatable bonds is 6. The van der Waals surface area contributed by atoms with Crippen molar-refractivity contribution in [2.24, 2.45) is 5.73 Å². The minimum Gasteiger partial charge on any atom is -0.493 e. The highest BCUT2D eigenvalue weighted by molar-refractivity contribution is 5.51. The molecule has 90 valence electrons. The first-order valence-corrected chi connectivity index (χ1v) is 5.65. The Morgan fingerprint density at radius 2 is 1.75 bits per heavy atom. The molecule has 0 spiro atoms. The SMILES string of the molecule is COc1c(C)ccc(CCCCN)c1OC. The molecule has 0 heterocycles. The van der Waals surface area contributed by atoms with Gasteiger partial charge in [0.05, 0.1) is 14.2 Å². The van der Waals surface area contributed by atoms with Crippen LogP contribution in [0.3, 0.4) is 0 Å². The summed E-state index contributed by atoms with van der Waals surface area (Å²) in [4.78, 5) is 0. The lowest BCUT2D eigenvalue weighted by molar-refractivity contribution is 0.349. The Bertz CT molecular complexity index is 337. The largest absolute Gasteiger partial charge is 0.493 e. The zero-order valence-corrected chi connectivity index (χ0v) is 10.4. The minimum atomic E-state index is 0.741. The van der Waals surface area contributed by atoms with Crippen LogP contribution in [0.4, 0.5) is 0 Å². The van der Waals surface area contributed by atoms with Gasteiger partial charge in [-0.25, -0.2) is 0 Å². The number of ether oxygens (including phenoxy) is 2. The van der Waals surface area contributed by atoms with Gasteiger partial charge >= 0.3 is 0 Å². The van der Waals surface area contributed by atoms with Gasteiger partial charge < -0.3 is 15.2 Å². The standard InChI is InChI=1S/C13H21NO2/c1-10-7-8-11(6-4-5-9-14)13(16-3)12(10)15-2/h7-8H,4-6,9,14H2,1-3H3. The average Bonchev–Trinajstić information content (AvgIpc) is 2.30. The van der Waals surface area contributed by atoms with Gasteiger partial charge in [0.15, 0.2) is 11.5 Å². The molecule has 1 aromatic rings. The second-order valence-corrected chi connectivity index (χ2v) is 3.85. The number of aryl methyl sites for hydroxylation is 2. The molecule has 0 aliphatic heterocycles. The molecule has 0 fully saturated rings. The highest BCUT2D eigenvalue weighted by atomic mass is 16.5. The maximum Gasteiger partial charge on any atom is 0.164 e. The first-order valence-electron chi connectivity index (χ1n) is 5.65. The van der Waals surface area contributed by atoms with Crippen molar-refractivity contribution >= 4 is 0 Å². The van der Waals surface area contributed by atoms with Gasteiger partial charge in [0, 0.05) is 0 Å². The van der Waals surface area contributed by atoms with Gasteiger partial charge in [0.2, 0.25) is 0 Å². The van der Waals surface area contributed by atoms with Gasteiger partial charge in [-0.2, -0.15) is 0 Å². The maximum atomic E-state index is 5.49. The summed E-state index contributed by atoms with van der Waals surface area (Å²) in [6.45, 7) is 2.76. The topological polar surface area (TPSA) is 44.5 Å². The Balaban J connectivity index is 2.91. The van der Waals surface area contributed by atoms with Crippen LogP contribution in [0, 0.1) is 6.92 Å². The zero-order valence-electron chi connectivity index (χ0n) is 10.4. The second-order valence-electron chi connectivity index (χ2n) is 3.85. The number of unbranched alkanes of at least 4 members (excludes halogenated alkanes) is 1. The smallest absolute Gasteiger partial charge is 0.164 e. The fraction of sp³-hybridized carbons (Fsp3) is 0.538. The quantitative estimate of drug-likeness (QED) is 0.753. The van der Waals surface area contributed by atoms with Crippen LogP contribution < -0.4 is 15.2 Å². The molecule has 0 saturated heterocycles. The Hall–Kier alpha value is -1.22. The monoisotopic (exact) mass is 223 g/mol. The van der Waals surface area contributed by atoms with Crippen molar-refractivity contribution in [2.75, 3.05) is 20.8 Å². The van der Waals surface area contributed by atoms with Crippen molar-refractivity contribution in [1.82, 2.24) is 0 Å². The zero-order chi connectivity index (χ0) is 12.0. The molecule has 2 N–H and O–H groups in total. The van der Waals surface area contributed by atoms with E-state index in [0.717, 1.165) is 42.9 Å². The van der Waals surface area contributed by atoms with Crippen LogP contribution in [0.25, 0.3) is 0 Å². The molecule has 0 radical (unpaired) electrons. The first-order chi connectivity index (χ1) is 7.74. The highest BCUT2D eigenvalue weighted by Crippen LogP contribution is 2.34. The van der Waals surface area contributed by atoms with Gasteiger partial charge in [-0.05, 0) is 43.9 Å². The number of nitrogens with two attached hydrogens (primary N) is 1. The first kappa shape index (κ1) is 12.8. The lowest BCUT2D eigenvalue weighted by atomic mass is 10.0. The molecule has 16 heavy (non-hydrogen) atoms. The predicted octanol–water partition coefficient (Wildman–Crippen LogP) is 2.29. The highest BCUT2D eigenvalue weighted by Gasteiger charge is 2.11. The molecular formula is C13H21NO2. The van der Waals surface area contributed by atoms with E-state index >= 15 is 0 Å². The van der Waals surface area contributed by atoms with E-state index in [1.54, 1.807) is 14.2 Å². The van der Waals surface area contributed by atoms with Crippen LogP contribution in [0.15, 0.2) is 12.1 Å². The molecule has 1 rings (SSSR count). The van der Waals surface area contributed by atoms with Crippen LogP contribution >= 0.6 is 0 Å². The summed E-state index contributed by atoms with van der Waals surface area (Å²) in [5.74, 6) is 1.70. The summed E-state index contributed by atoms with van der Waals surface area (Å²) >= 11 is 0. The molecule has 3 heteroatoms. The van der Waals surface area contributed by atoms with Crippen LogP contribution in [0.1, 0.15) is 24.0 Å². The molecular weight excluding hydrogens is 202 g/mol. The Kier molecular flexibility index (Phi) is 5.12. The molecule has 0 saturated carbocycles. The van der Waals surface area contributed by atoms with Crippen molar-refractivity contribution < 1.29 is 9.47 Å². The van der Waals surface area contributed by atoms with Gasteiger partial charge in [-0.15, -0.1) is 0 Å². The van der Waals surface area contributed by atoms with Crippen LogP contribution in [-0.4, -0.2) is 20.8 Å². The fourth-order valence-electron chi connectivity index (χ4n) is 1.84. The summed E-state index contributed by atoms with van der Waals surface area (Å²) in [5.41, 5.74) is 7.78. The molecule has 3 nitrogen and oxygen atoms in total. The number of benzene rings is 1. The fourth-order valence-corrected chi connectivity index (χ4v) is 1.84. The molecule has 0 aliphatic rings. The lowest BCUT2D eigenvalue weighted by Crippen LogP contribution is -2.01. The summed E-state index contributed by atoms with van der Waals surface area (Å²) in [5, 5.41) is 0. The predicted molar refractivity (Wildman–Crippen MR) is 66.3 cm³/mol. The van der Waals surface area contributed by atoms with Crippen LogP contribution in [0.2, 0.25) is 0 Å². The van der Waals surface area contributed by atoms with E-state index in [1.807, 2.05) is 6.92 Å². The third-order valence-corrected chi connectivity index (χ3v) is 2.70. The Labute approximate surface area is 97.6 Å². The number of methoxy groups -OCH3 is 2. The van der Waals surface area contributed by atoms with E-state index in [1.165, 1.54) is 5.56 Å². The Morgan fingerprint density at radius 1 is 1.06 bits per heavy atom. The van der Waals surface area contributed by atoms with Gasteiger partial charge in [-0.3, -0.25) is 0 Å². The van der Waals surface area contributed by atoms with Crippen LogP contribution in [0.5, 0.6) is 11.5 Å². The number of hydrogen-bond donors (Lipinski definition) is 1. The summed E-state index contributed by atoms with van der Waals surface area (Å²) in [7, 11) is 3.36. The number of hydrogen-bond acceptors (Lipinski definition) is 3.